The number of carbonyl (C=O) groups excluding carboxylic acids is 2. The lowest BCUT2D eigenvalue weighted by atomic mass is 10.1. The molecule has 2 amide bonds. The monoisotopic (exact) mass is 426 g/mol. The Morgan fingerprint density at radius 2 is 1.80 bits per heavy atom. The Hall–Kier alpha value is -3.32. The summed E-state index contributed by atoms with van der Waals surface area (Å²) in [5.74, 6) is -0.0133. The molecule has 7 nitrogen and oxygen atoms in total. The summed E-state index contributed by atoms with van der Waals surface area (Å²) >= 11 is 6.07. The molecule has 0 aliphatic rings. The molecule has 2 aromatic carbocycles. The van der Waals surface area contributed by atoms with Gasteiger partial charge >= 0.3 is 0 Å². The van der Waals surface area contributed by atoms with Crippen LogP contribution in [0, 0.1) is 0 Å². The van der Waals surface area contributed by atoms with Gasteiger partial charge in [-0.3, -0.25) is 9.59 Å². The van der Waals surface area contributed by atoms with Crippen LogP contribution >= 0.6 is 11.6 Å². The first kappa shape index (κ1) is 21.4. The Labute approximate surface area is 180 Å². The van der Waals surface area contributed by atoms with Crippen LogP contribution in [0.15, 0.2) is 54.7 Å². The fraction of sp³-hybridized carbons (Fsp3) is 0.227. The first-order chi connectivity index (χ1) is 14.5. The molecule has 8 heteroatoms. The molecule has 0 unspecified atom stereocenters. The van der Waals surface area contributed by atoms with E-state index in [9.17, 15) is 9.59 Å². The Morgan fingerprint density at radius 3 is 2.43 bits per heavy atom. The third kappa shape index (κ3) is 4.31. The lowest BCUT2D eigenvalue weighted by molar-refractivity contribution is 0.0774. The summed E-state index contributed by atoms with van der Waals surface area (Å²) in [6.07, 6.45) is 1.47. The normalized spacial score (nSPS) is 10.5. The lowest BCUT2D eigenvalue weighted by Crippen LogP contribution is -2.31. The maximum Gasteiger partial charge on any atom is 0.260 e. The zero-order valence-electron chi connectivity index (χ0n) is 17.1. The molecular formula is C22H23ClN4O3. The average molecular weight is 427 g/mol. The summed E-state index contributed by atoms with van der Waals surface area (Å²) < 4.78 is 6.82. The van der Waals surface area contributed by atoms with Crippen molar-refractivity contribution in [3.05, 3.63) is 70.9 Å². The van der Waals surface area contributed by atoms with Crippen molar-refractivity contribution >= 4 is 29.2 Å². The summed E-state index contributed by atoms with van der Waals surface area (Å²) in [7, 11) is 1.48. The second kappa shape index (κ2) is 9.45. The topological polar surface area (TPSA) is 76.5 Å². The zero-order chi connectivity index (χ0) is 21.7. The van der Waals surface area contributed by atoms with Crippen molar-refractivity contribution in [2.24, 2.45) is 0 Å². The minimum Gasteiger partial charge on any atom is -0.496 e. The molecular weight excluding hydrogens is 404 g/mol. The van der Waals surface area contributed by atoms with Crippen LogP contribution in [0.3, 0.4) is 0 Å². The van der Waals surface area contributed by atoms with Crippen LogP contribution in [0.4, 0.5) is 5.82 Å². The Kier molecular flexibility index (Phi) is 6.74. The van der Waals surface area contributed by atoms with E-state index in [-0.39, 0.29) is 17.3 Å². The second-order valence-corrected chi connectivity index (χ2v) is 6.87. The third-order valence-corrected chi connectivity index (χ3v) is 4.92. The van der Waals surface area contributed by atoms with E-state index in [2.05, 4.69) is 10.4 Å². The van der Waals surface area contributed by atoms with E-state index in [1.54, 1.807) is 17.0 Å². The summed E-state index contributed by atoms with van der Waals surface area (Å²) in [4.78, 5) is 27.8. The standard InChI is InChI=1S/C22H23ClN4O3/c1-4-26(5-2)22(29)18-14-24-27(16-9-7-6-8-10-16)20(18)25-21(28)17-13-15(23)11-12-19(17)30-3/h6-14H,4-5H2,1-3H3,(H,25,28). The average Bonchev–Trinajstić information content (AvgIpc) is 3.18. The van der Waals surface area contributed by atoms with E-state index in [1.165, 1.54) is 24.1 Å². The molecule has 0 spiro atoms. The molecule has 1 aromatic heterocycles. The summed E-state index contributed by atoms with van der Waals surface area (Å²) in [6.45, 7) is 4.89. The minimum atomic E-state index is -0.458. The quantitative estimate of drug-likeness (QED) is 0.612. The summed E-state index contributed by atoms with van der Waals surface area (Å²) in [5, 5.41) is 7.60. The third-order valence-electron chi connectivity index (χ3n) is 4.69. The Morgan fingerprint density at radius 1 is 1.10 bits per heavy atom. The van der Waals surface area contributed by atoms with Crippen molar-refractivity contribution in [1.82, 2.24) is 14.7 Å². The fourth-order valence-corrected chi connectivity index (χ4v) is 3.28. The summed E-state index contributed by atoms with van der Waals surface area (Å²) in [5.41, 5.74) is 1.27. The lowest BCUT2D eigenvalue weighted by Gasteiger charge is -2.19. The number of carbonyl (C=O) groups is 2. The molecule has 0 saturated carbocycles. The number of para-hydroxylation sites is 1. The smallest absolute Gasteiger partial charge is 0.260 e. The van der Waals surface area contributed by atoms with E-state index < -0.39 is 5.91 Å². The molecule has 1 N–H and O–H groups in total. The first-order valence-corrected chi connectivity index (χ1v) is 9.95. The molecule has 0 radical (unpaired) electrons. The Balaban J connectivity index is 2.07. The second-order valence-electron chi connectivity index (χ2n) is 6.43. The molecule has 0 bridgehead atoms. The molecule has 0 atom stereocenters. The van der Waals surface area contributed by atoms with Gasteiger partial charge < -0.3 is 15.0 Å². The Bertz CT molecular complexity index is 1050. The molecule has 3 aromatic rings. The SMILES string of the molecule is CCN(CC)C(=O)c1cnn(-c2ccccc2)c1NC(=O)c1cc(Cl)ccc1OC. The molecule has 0 saturated heterocycles. The highest BCUT2D eigenvalue weighted by Gasteiger charge is 2.25. The molecule has 156 valence electrons. The number of amides is 2. The predicted octanol–water partition coefficient (Wildman–Crippen LogP) is 4.27. The zero-order valence-corrected chi connectivity index (χ0v) is 17.8. The largest absolute Gasteiger partial charge is 0.496 e. The van der Waals surface area contributed by atoms with Crippen molar-refractivity contribution in [1.29, 1.82) is 0 Å². The van der Waals surface area contributed by atoms with Crippen molar-refractivity contribution in [2.45, 2.75) is 13.8 Å². The minimum absolute atomic E-state index is 0.212. The highest BCUT2D eigenvalue weighted by Crippen LogP contribution is 2.26. The highest BCUT2D eigenvalue weighted by atomic mass is 35.5. The fourth-order valence-electron chi connectivity index (χ4n) is 3.10. The van der Waals surface area contributed by atoms with Crippen LogP contribution in [0.25, 0.3) is 5.69 Å². The van der Waals surface area contributed by atoms with Gasteiger partial charge in [0.05, 0.1) is 24.6 Å². The number of nitrogens with one attached hydrogen (secondary N) is 1. The first-order valence-electron chi connectivity index (χ1n) is 9.57. The van der Waals surface area contributed by atoms with E-state index in [0.717, 1.165) is 0 Å². The van der Waals surface area contributed by atoms with E-state index in [1.807, 2.05) is 44.2 Å². The van der Waals surface area contributed by atoms with Crippen molar-refractivity contribution < 1.29 is 14.3 Å². The maximum atomic E-state index is 13.1. The number of hydrogen-bond donors (Lipinski definition) is 1. The number of anilines is 1. The molecule has 30 heavy (non-hydrogen) atoms. The van der Waals surface area contributed by atoms with Gasteiger partial charge in [0.2, 0.25) is 0 Å². The van der Waals surface area contributed by atoms with Gasteiger partial charge in [-0.2, -0.15) is 5.10 Å². The maximum absolute atomic E-state index is 13.1. The number of hydrogen-bond acceptors (Lipinski definition) is 4. The molecule has 0 aliphatic heterocycles. The van der Waals surface area contributed by atoms with Crippen LogP contribution in [0.1, 0.15) is 34.6 Å². The number of aromatic nitrogens is 2. The van der Waals surface area contributed by atoms with E-state index in [0.29, 0.717) is 35.1 Å². The molecule has 0 fully saturated rings. The van der Waals surface area contributed by atoms with Crippen molar-refractivity contribution in [2.75, 3.05) is 25.5 Å². The van der Waals surface area contributed by atoms with Gasteiger partial charge in [0.25, 0.3) is 11.8 Å². The number of rotatable bonds is 7. The van der Waals surface area contributed by atoms with Gasteiger partial charge in [-0.25, -0.2) is 4.68 Å². The van der Waals surface area contributed by atoms with Gasteiger partial charge in [0.15, 0.2) is 0 Å². The van der Waals surface area contributed by atoms with Crippen LogP contribution in [0.5, 0.6) is 5.75 Å². The number of ether oxygens (including phenoxy) is 1. The number of methoxy groups -OCH3 is 1. The van der Waals surface area contributed by atoms with E-state index in [4.69, 9.17) is 16.3 Å². The van der Waals surface area contributed by atoms with Crippen LogP contribution in [-0.4, -0.2) is 46.7 Å². The van der Waals surface area contributed by atoms with Crippen molar-refractivity contribution in [3.8, 4) is 11.4 Å². The predicted molar refractivity (Wildman–Crippen MR) is 117 cm³/mol. The van der Waals surface area contributed by atoms with Gasteiger partial charge in [0.1, 0.15) is 17.1 Å². The van der Waals surface area contributed by atoms with Gasteiger partial charge in [-0.1, -0.05) is 29.8 Å². The van der Waals surface area contributed by atoms with Gasteiger partial charge in [-0.05, 0) is 44.2 Å². The summed E-state index contributed by atoms with van der Waals surface area (Å²) in [6, 6.07) is 14.1. The van der Waals surface area contributed by atoms with Gasteiger partial charge in [0, 0.05) is 18.1 Å². The molecule has 1 heterocycles. The van der Waals surface area contributed by atoms with Crippen LogP contribution in [0.2, 0.25) is 5.02 Å². The molecule has 3 rings (SSSR count). The van der Waals surface area contributed by atoms with Gasteiger partial charge in [-0.15, -0.1) is 0 Å². The van der Waals surface area contributed by atoms with Crippen LogP contribution < -0.4 is 10.1 Å². The molecule has 0 aliphatic carbocycles. The van der Waals surface area contributed by atoms with Crippen molar-refractivity contribution in [3.63, 3.8) is 0 Å². The number of nitrogens with zero attached hydrogens (tertiary/aromatic N) is 3. The van der Waals surface area contributed by atoms with E-state index >= 15 is 0 Å². The number of benzene rings is 2. The number of halogens is 1. The highest BCUT2D eigenvalue weighted by molar-refractivity contribution is 6.31. The van der Waals surface area contributed by atoms with Crippen LogP contribution in [-0.2, 0) is 0 Å².